The highest BCUT2D eigenvalue weighted by Gasteiger charge is 2.52. The summed E-state index contributed by atoms with van der Waals surface area (Å²) in [4.78, 5) is 28.2. The highest BCUT2D eigenvalue weighted by molar-refractivity contribution is 6.09. The van der Waals surface area contributed by atoms with Crippen molar-refractivity contribution < 1.29 is 14.3 Å². The van der Waals surface area contributed by atoms with Crippen molar-refractivity contribution in [3.63, 3.8) is 0 Å². The maximum absolute atomic E-state index is 13.7. The Kier molecular flexibility index (Phi) is 4.49. The van der Waals surface area contributed by atoms with Crippen LogP contribution in [0.4, 0.5) is 0 Å². The van der Waals surface area contributed by atoms with Gasteiger partial charge in [0.25, 0.3) is 5.91 Å². The lowest BCUT2D eigenvalue weighted by molar-refractivity contribution is -0.133. The van der Waals surface area contributed by atoms with Gasteiger partial charge in [-0.3, -0.25) is 9.69 Å². The van der Waals surface area contributed by atoms with E-state index in [1.54, 1.807) is 36.5 Å². The van der Waals surface area contributed by atoms with Crippen molar-refractivity contribution in [2.75, 3.05) is 20.3 Å². The Morgan fingerprint density at radius 3 is 2.44 bits per heavy atom. The fraction of sp³-hybridized carbons (Fsp3) is 0.368. The van der Waals surface area contributed by atoms with Crippen LogP contribution < -0.4 is 10.5 Å². The lowest BCUT2D eigenvalue weighted by Gasteiger charge is -2.33. The van der Waals surface area contributed by atoms with Crippen LogP contribution in [0.1, 0.15) is 24.0 Å². The molecule has 2 aromatic rings. The summed E-state index contributed by atoms with van der Waals surface area (Å²) < 4.78 is 10.7. The number of aromatic nitrogens is 2. The maximum atomic E-state index is 13.7. The average Bonchev–Trinajstić information content (AvgIpc) is 3.00. The van der Waals surface area contributed by atoms with Crippen molar-refractivity contribution in [1.29, 1.82) is 0 Å². The van der Waals surface area contributed by atoms with Crippen molar-refractivity contribution >= 4 is 11.9 Å². The number of nitrogens with zero attached hydrogens (tertiary/aromatic N) is 4. The largest absolute Gasteiger partial charge is 0.497 e. The Bertz CT molecular complexity index is 849. The molecule has 8 nitrogen and oxygen atoms in total. The third kappa shape index (κ3) is 2.82. The monoisotopic (exact) mass is 367 g/mol. The van der Waals surface area contributed by atoms with E-state index in [0.717, 1.165) is 12.8 Å². The lowest BCUT2D eigenvalue weighted by atomic mass is 9.84. The van der Waals surface area contributed by atoms with E-state index >= 15 is 0 Å². The molecule has 2 aliphatic heterocycles. The van der Waals surface area contributed by atoms with Crippen LogP contribution in [0.5, 0.6) is 5.75 Å². The number of nitrogens with two attached hydrogens (primary N) is 1. The molecule has 2 aliphatic rings. The number of guanidine groups is 1. The van der Waals surface area contributed by atoms with E-state index in [2.05, 4.69) is 15.0 Å². The molecule has 0 spiro atoms. The van der Waals surface area contributed by atoms with Crippen LogP contribution in [0.25, 0.3) is 0 Å². The van der Waals surface area contributed by atoms with Crippen LogP contribution in [0.2, 0.25) is 0 Å². The van der Waals surface area contributed by atoms with E-state index in [9.17, 15) is 4.79 Å². The van der Waals surface area contributed by atoms with Gasteiger partial charge in [0.05, 0.1) is 7.11 Å². The molecule has 1 aromatic carbocycles. The molecule has 0 bridgehead atoms. The Morgan fingerprint density at radius 1 is 1.15 bits per heavy atom. The van der Waals surface area contributed by atoms with Crippen LogP contribution in [0, 0.1) is 0 Å². The van der Waals surface area contributed by atoms with Gasteiger partial charge >= 0.3 is 0 Å². The van der Waals surface area contributed by atoms with Gasteiger partial charge < -0.3 is 15.2 Å². The normalized spacial score (nSPS) is 23.4. The second-order valence-electron chi connectivity index (χ2n) is 6.55. The molecule has 0 aliphatic carbocycles. The first-order chi connectivity index (χ1) is 13.2. The zero-order chi connectivity index (χ0) is 18.9. The van der Waals surface area contributed by atoms with Crippen LogP contribution in [0.15, 0.2) is 48.0 Å². The van der Waals surface area contributed by atoms with Gasteiger partial charge in [0.2, 0.25) is 0 Å². The minimum atomic E-state index is -1.30. The number of methoxy groups -OCH3 is 1. The highest BCUT2D eigenvalue weighted by atomic mass is 16.5. The molecule has 1 aromatic heterocycles. The second-order valence-corrected chi connectivity index (χ2v) is 6.55. The molecule has 0 radical (unpaired) electrons. The highest BCUT2D eigenvalue weighted by Crippen LogP contribution is 2.41. The number of hydrogen-bond acceptors (Lipinski definition) is 7. The molecule has 3 heterocycles. The minimum Gasteiger partial charge on any atom is -0.497 e. The first-order valence-electron chi connectivity index (χ1n) is 8.83. The number of hydrogen-bond donors (Lipinski definition) is 1. The van der Waals surface area contributed by atoms with Crippen molar-refractivity contribution in [3.05, 3.63) is 54.1 Å². The Balaban J connectivity index is 1.83. The molecule has 27 heavy (non-hydrogen) atoms. The lowest BCUT2D eigenvalue weighted by Crippen LogP contribution is -2.50. The van der Waals surface area contributed by atoms with Gasteiger partial charge in [-0.15, -0.1) is 0 Å². The summed E-state index contributed by atoms with van der Waals surface area (Å²) >= 11 is 0. The minimum absolute atomic E-state index is 0.0280. The van der Waals surface area contributed by atoms with Crippen molar-refractivity contribution in [1.82, 2.24) is 14.9 Å². The summed E-state index contributed by atoms with van der Waals surface area (Å²) in [6.07, 6.45) is 6.10. The van der Waals surface area contributed by atoms with E-state index in [0.29, 0.717) is 30.1 Å². The van der Waals surface area contributed by atoms with Crippen molar-refractivity contribution in [3.8, 4) is 5.75 Å². The van der Waals surface area contributed by atoms with Gasteiger partial charge in [-0.25, -0.2) is 15.0 Å². The number of carbonyl (C=O) groups excluding carboxylic acids is 1. The van der Waals surface area contributed by atoms with Crippen molar-refractivity contribution in [2.24, 2.45) is 10.7 Å². The summed E-state index contributed by atoms with van der Waals surface area (Å²) in [7, 11) is 1.60. The van der Waals surface area contributed by atoms with Crippen LogP contribution in [-0.2, 0) is 15.1 Å². The molecule has 0 saturated carbocycles. The molecule has 1 saturated heterocycles. The molecule has 8 heteroatoms. The standard InChI is InChI=1S/C19H21N5O3/c1-26-16-4-2-13(3-5-16)19(14-10-21-12-22-11-14)17(25)24(18(20)23-19)15-6-8-27-9-7-15/h2-5,10-12,15H,6-9H2,1H3,(H2,20,23). The topological polar surface area (TPSA) is 103 Å². The number of benzene rings is 1. The molecule has 4 rings (SSSR count). The Morgan fingerprint density at radius 2 is 1.81 bits per heavy atom. The fourth-order valence-electron chi connectivity index (χ4n) is 3.71. The van der Waals surface area contributed by atoms with E-state index in [-0.39, 0.29) is 17.9 Å². The first kappa shape index (κ1) is 17.4. The van der Waals surface area contributed by atoms with Crippen molar-refractivity contribution in [2.45, 2.75) is 24.4 Å². The zero-order valence-corrected chi connectivity index (χ0v) is 15.0. The number of ether oxygens (including phenoxy) is 2. The molecule has 140 valence electrons. The summed E-state index contributed by atoms with van der Waals surface area (Å²) in [5, 5.41) is 0. The molecule has 1 fully saturated rings. The van der Waals surface area contributed by atoms with E-state index in [1.165, 1.54) is 6.33 Å². The van der Waals surface area contributed by atoms with Gasteiger partial charge in [-0.1, -0.05) is 12.1 Å². The molecule has 1 atom stereocenters. The summed E-state index contributed by atoms with van der Waals surface area (Å²) in [6, 6.07) is 7.23. The molecule has 1 amide bonds. The number of carbonyl (C=O) groups is 1. The average molecular weight is 367 g/mol. The van der Waals surface area contributed by atoms with Gasteiger partial charge in [-0.2, -0.15) is 0 Å². The van der Waals surface area contributed by atoms with Crippen LogP contribution in [-0.4, -0.2) is 53.1 Å². The third-order valence-corrected chi connectivity index (χ3v) is 5.10. The van der Waals surface area contributed by atoms with E-state index in [4.69, 9.17) is 15.2 Å². The predicted octanol–water partition coefficient (Wildman–Crippen LogP) is 1.06. The third-order valence-electron chi connectivity index (χ3n) is 5.10. The zero-order valence-electron chi connectivity index (χ0n) is 15.0. The number of amides is 1. The number of rotatable bonds is 4. The maximum Gasteiger partial charge on any atom is 0.266 e. The summed E-state index contributed by atoms with van der Waals surface area (Å²) in [6.45, 7) is 1.21. The molecule has 2 N–H and O–H groups in total. The SMILES string of the molecule is COc1ccc(C2(c3cncnc3)N=C(N)N(C3CCOCC3)C2=O)cc1. The molecular weight excluding hydrogens is 346 g/mol. The van der Waals surface area contributed by atoms with Gasteiger partial charge in [0, 0.05) is 37.2 Å². The Hall–Kier alpha value is -3.00. The first-order valence-corrected chi connectivity index (χ1v) is 8.83. The van der Waals surface area contributed by atoms with Crippen LogP contribution in [0.3, 0.4) is 0 Å². The molecule has 1 unspecified atom stereocenters. The van der Waals surface area contributed by atoms with E-state index in [1.807, 2.05) is 12.1 Å². The number of aliphatic imine (C=N–C) groups is 1. The second kappa shape index (κ2) is 6.96. The van der Waals surface area contributed by atoms with Gasteiger partial charge in [-0.05, 0) is 30.5 Å². The fourth-order valence-corrected chi connectivity index (χ4v) is 3.71. The van der Waals surface area contributed by atoms with E-state index < -0.39 is 5.54 Å². The summed E-state index contributed by atoms with van der Waals surface area (Å²) in [5.74, 6) is 0.723. The molecular formula is C19H21N5O3. The smallest absolute Gasteiger partial charge is 0.266 e. The Labute approximate surface area is 157 Å². The summed E-state index contributed by atoms with van der Waals surface area (Å²) in [5.41, 5.74) is 6.24. The predicted molar refractivity (Wildman–Crippen MR) is 98.1 cm³/mol. The van der Waals surface area contributed by atoms with Gasteiger partial charge in [0.15, 0.2) is 11.5 Å². The van der Waals surface area contributed by atoms with Gasteiger partial charge in [0.1, 0.15) is 12.1 Å². The quantitative estimate of drug-likeness (QED) is 0.867. The van der Waals surface area contributed by atoms with Crippen LogP contribution >= 0.6 is 0 Å².